The molecule has 0 fully saturated rings. The van der Waals surface area contributed by atoms with E-state index in [0.29, 0.717) is 10.1 Å². The van der Waals surface area contributed by atoms with E-state index in [2.05, 4.69) is 20.2 Å². The van der Waals surface area contributed by atoms with Crippen LogP contribution in [0.25, 0.3) is 0 Å². The second-order valence-electron chi connectivity index (χ2n) is 4.27. The van der Waals surface area contributed by atoms with E-state index < -0.39 is 22.0 Å². The Morgan fingerprint density at radius 2 is 1.90 bits per heavy atom. The van der Waals surface area contributed by atoms with Crippen molar-refractivity contribution in [3.8, 4) is 0 Å². The number of hydrogen-bond donors (Lipinski definition) is 2. The number of benzene rings is 1. The summed E-state index contributed by atoms with van der Waals surface area (Å²) in [5, 5.41) is 11.1. The van der Waals surface area contributed by atoms with Crippen LogP contribution >= 0.6 is 11.3 Å². The summed E-state index contributed by atoms with van der Waals surface area (Å²) in [6.07, 6.45) is 0. The normalized spacial score (nSPS) is 12.9. The lowest BCUT2D eigenvalue weighted by Crippen LogP contribution is -2.41. The zero-order valence-corrected chi connectivity index (χ0v) is 13.0. The standard InChI is InChI=1S/C12H14N4O3S2/c1-8(11(17)13-12-15-14-9(2)20-12)16-21(18,19)10-6-4-3-5-7-10/h3-8,16H,1-2H3,(H,13,15,17). The maximum atomic E-state index is 12.1. The average molecular weight is 326 g/mol. The molecular weight excluding hydrogens is 312 g/mol. The molecule has 0 aliphatic carbocycles. The maximum absolute atomic E-state index is 12.1. The zero-order chi connectivity index (χ0) is 15.5. The van der Waals surface area contributed by atoms with Gasteiger partial charge < -0.3 is 0 Å². The minimum Gasteiger partial charge on any atom is -0.299 e. The third-order valence-electron chi connectivity index (χ3n) is 2.53. The van der Waals surface area contributed by atoms with Gasteiger partial charge in [-0.25, -0.2) is 8.42 Å². The molecule has 7 nitrogen and oxygen atoms in total. The summed E-state index contributed by atoms with van der Waals surface area (Å²) in [6, 6.07) is 6.93. The molecule has 21 heavy (non-hydrogen) atoms. The Morgan fingerprint density at radius 1 is 1.24 bits per heavy atom. The summed E-state index contributed by atoms with van der Waals surface area (Å²) in [6.45, 7) is 3.22. The van der Waals surface area contributed by atoms with Gasteiger partial charge in [-0.3, -0.25) is 10.1 Å². The van der Waals surface area contributed by atoms with Crippen LogP contribution in [0.15, 0.2) is 35.2 Å². The number of carbonyl (C=O) groups excluding carboxylic acids is 1. The highest BCUT2D eigenvalue weighted by Gasteiger charge is 2.22. The van der Waals surface area contributed by atoms with Crippen molar-refractivity contribution in [1.29, 1.82) is 0 Å². The van der Waals surface area contributed by atoms with Gasteiger partial charge >= 0.3 is 0 Å². The van der Waals surface area contributed by atoms with Crippen molar-refractivity contribution in [3.05, 3.63) is 35.3 Å². The molecule has 9 heteroatoms. The van der Waals surface area contributed by atoms with E-state index in [0.717, 1.165) is 0 Å². The number of aryl methyl sites for hydroxylation is 1. The molecular formula is C12H14N4O3S2. The van der Waals surface area contributed by atoms with Crippen molar-refractivity contribution in [3.63, 3.8) is 0 Å². The number of amides is 1. The Hall–Kier alpha value is -1.84. The van der Waals surface area contributed by atoms with Gasteiger partial charge in [0.05, 0.1) is 10.9 Å². The largest absolute Gasteiger partial charge is 0.299 e. The van der Waals surface area contributed by atoms with Crippen molar-refractivity contribution in [2.45, 2.75) is 24.8 Å². The number of carbonyl (C=O) groups is 1. The third kappa shape index (κ3) is 4.06. The number of rotatable bonds is 5. The van der Waals surface area contributed by atoms with Crippen LogP contribution in [0.3, 0.4) is 0 Å². The fourth-order valence-corrected chi connectivity index (χ4v) is 3.33. The monoisotopic (exact) mass is 326 g/mol. The van der Waals surface area contributed by atoms with Crippen molar-refractivity contribution >= 4 is 32.4 Å². The van der Waals surface area contributed by atoms with Crippen molar-refractivity contribution in [1.82, 2.24) is 14.9 Å². The molecule has 0 aliphatic rings. The number of anilines is 1. The molecule has 1 aromatic heterocycles. The topological polar surface area (TPSA) is 101 Å². The van der Waals surface area contributed by atoms with E-state index in [1.165, 1.54) is 30.4 Å². The number of hydrogen-bond acceptors (Lipinski definition) is 6. The Labute approximate surface area is 126 Å². The van der Waals surface area contributed by atoms with Gasteiger partial charge in [-0.1, -0.05) is 29.5 Å². The molecule has 2 rings (SSSR count). The molecule has 0 spiro atoms. The Balaban J connectivity index is 2.03. The highest BCUT2D eigenvalue weighted by Crippen LogP contribution is 2.14. The number of aromatic nitrogens is 2. The van der Waals surface area contributed by atoms with E-state index in [-0.39, 0.29) is 4.90 Å². The number of nitrogens with zero attached hydrogens (tertiary/aromatic N) is 2. The van der Waals surface area contributed by atoms with E-state index in [9.17, 15) is 13.2 Å². The maximum Gasteiger partial charge on any atom is 0.244 e. The Morgan fingerprint density at radius 3 is 2.48 bits per heavy atom. The van der Waals surface area contributed by atoms with Crippen LogP contribution in [-0.4, -0.2) is 30.6 Å². The third-order valence-corrected chi connectivity index (χ3v) is 4.85. The van der Waals surface area contributed by atoms with Gasteiger partial charge in [0.15, 0.2) is 0 Å². The van der Waals surface area contributed by atoms with Crippen molar-refractivity contribution in [2.75, 3.05) is 5.32 Å². The molecule has 1 atom stereocenters. The van der Waals surface area contributed by atoms with Crippen LogP contribution in [0.2, 0.25) is 0 Å². The molecule has 112 valence electrons. The summed E-state index contributed by atoms with van der Waals surface area (Å²) < 4.78 is 26.5. The average Bonchev–Trinajstić information content (AvgIpc) is 2.84. The van der Waals surface area contributed by atoms with Gasteiger partial charge in [-0.05, 0) is 26.0 Å². The van der Waals surface area contributed by atoms with Gasteiger partial charge in [0.1, 0.15) is 5.01 Å². The minimum absolute atomic E-state index is 0.108. The lowest BCUT2D eigenvalue weighted by Gasteiger charge is -2.13. The first-order valence-electron chi connectivity index (χ1n) is 6.07. The van der Waals surface area contributed by atoms with Crippen LogP contribution in [0.4, 0.5) is 5.13 Å². The molecule has 1 aromatic carbocycles. The molecule has 0 aliphatic heterocycles. The molecule has 0 saturated heterocycles. The molecule has 0 saturated carbocycles. The molecule has 1 unspecified atom stereocenters. The summed E-state index contributed by atoms with van der Waals surface area (Å²) >= 11 is 1.22. The Bertz CT molecular complexity index is 728. The quantitative estimate of drug-likeness (QED) is 0.858. The molecule has 0 bridgehead atoms. The Kier molecular flexibility index (Phi) is 4.66. The molecule has 1 heterocycles. The predicted molar refractivity (Wildman–Crippen MR) is 79.5 cm³/mol. The summed E-state index contributed by atoms with van der Waals surface area (Å²) in [7, 11) is -3.74. The van der Waals surface area contributed by atoms with Gasteiger partial charge in [0.25, 0.3) is 0 Å². The molecule has 0 radical (unpaired) electrons. The predicted octanol–water partition coefficient (Wildman–Crippen LogP) is 1.15. The zero-order valence-electron chi connectivity index (χ0n) is 11.4. The van der Waals surface area contributed by atoms with Crippen LogP contribution in [0.5, 0.6) is 0 Å². The van der Waals surface area contributed by atoms with Crippen molar-refractivity contribution in [2.24, 2.45) is 0 Å². The smallest absolute Gasteiger partial charge is 0.244 e. The first-order chi connectivity index (χ1) is 9.88. The SMILES string of the molecule is Cc1nnc(NC(=O)C(C)NS(=O)(=O)c2ccccc2)s1. The highest BCUT2D eigenvalue weighted by molar-refractivity contribution is 7.89. The number of nitrogens with one attached hydrogen (secondary N) is 2. The van der Waals surface area contributed by atoms with Gasteiger partial charge in [-0.2, -0.15) is 4.72 Å². The van der Waals surface area contributed by atoms with Gasteiger partial charge in [0, 0.05) is 0 Å². The van der Waals surface area contributed by atoms with Gasteiger partial charge in [-0.15, -0.1) is 10.2 Å². The number of sulfonamides is 1. The van der Waals surface area contributed by atoms with E-state index in [1.54, 1.807) is 25.1 Å². The van der Waals surface area contributed by atoms with Crippen LogP contribution in [0.1, 0.15) is 11.9 Å². The molecule has 1 amide bonds. The lowest BCUT2D eigenvalue weighted by atomic mass is 10.3. The second-order valence-corrected chi connectivity index (χ2v) is 7.17. The summed E-state index contributed by atoms with van der Waals surface area (Å²) in [4.78, 5) is 12.0. The van der Waals surface area contributed by atoms with Crippen LogP contribution < -0.4 is 10.0 Å². The molecule has 2 N–H and O–H groups in total. The van der Waals surface area contributed by atoms with Crippen molar-refractivity contribution < 1.29 is 13.2 Å². The minimum atomic E-state index is -3.74. The highest BCUT2D eigenvalue weighted by atomic mass is 32.2. The van der Waals surface area contributed by atoms with Crippen LogP contribution in [-0.2, 0) is 14.8 Å². The summed E-state index contributed by atoms with van der Waals surface area (Å²) in [5.74, 6) is -0.495. The van der Waals surface area contributed by atoms with Crippen LogP contribution in [0, 0.1) is 6.92 Å². The summed E-state index contributed by atoms with van der Waals surface area (Å²) in [5.41, 5.74) is 0. The van der Waals surface area contributed by atoms with E-state index >= 15 is 0 Å². The fourth-order valence-electron chi connectivity index (χ4n) is 1.51. The van der Waals surface area contributed by atoms with E-state index in [4.69, 9.17) is 0 Å². The first-order valence-corrected chi connectivity index (χ1v) is 8.37. The first kappa shape index (κ1) is 15.5. The van der Waals surface area contributed by atoms with E-state index in [1.807, 2.05) is 0 Å². The fraction of sp³-hybridized carbons (Fsp3) is 0.250. The molecule has 2 aromatic rings. The lowest BCUT2D eigenvalue weighted by molar-refractivity contribution is -0.117. The van der Waals surface area contributed by atoms with Gasteiger partial charge in [0.2, 0.25) is 21.1 Å². The second kappa shape index (κ2) is 6.29.